The second-order valence-corrected chi connectivity index (χ2v) is 7.72. The number of hydrogen-bond acceptors (Lipinski definition) is 5. The van der Waals surface area contributed by atoms with Crippen molar-refractivity contribution in [3.8, 4) is 11.4 Å². The van der Waals surface area contributed by atoms with Crippen LogP contribution in [-0.4, -0.2) is 30.6 Å². The highest BCUT2D eigenvalue weighted by molar-refractivity contribution is 9.10. The van der Waals surface area contributed by atoms with Crippen LogP contribution >= 0.6 is 15.9 Å². The number of benzene rings is 2. The third kappa shape index (κ3) is 4.95. The summed E-state index contributed by atoms with van der Waals surface area (Å²) in [6.07, 6.45) is 0. The number of aryl methyl sites for hydroxylation is 1. The molecule has 1 heterocycles. The fraction of sp³-hybridized carbons (Fsp3) is 0.174. The van der Waals surface area contributed by atoms with Crippen LogP contribution in [0.2, 0.25) is 0 Å². The lowest BCUT2D eigenvalue weighted by Gasteiger charge is -2.17. The van der Waals surface area contributed by atoms with E-state index in [-0.39, 0.29) is 39.2 Å². The molecular weight excluding hydrogens is 502 g/mol. The van der Waals surface area contributed by atoms with Crippen LogP contribution in [0.4, 0.5) is 8.78 Å². The van der Waals surface area contributed by atoms with Gasteiger partial charge in [-0.15, -0.1) is 0 Å². The van der Waals surface area contributed by atoms with Crippen molar-refractivity contribution >= 4 is 27.8 Å². The van der Waals surface area contributed by atoms with Crippen LogP contribution in [0.25, 0.3) is 5.69 Å². The number of carbonyl (C=O) groups is 2. The summed E-state index contributed by atoms with van der Waals surface area (Å²) in [5.74, 6) is -2.47. The minimum atomic E-state index is -0.767. The largest absolute Gasteiger partial charge is 0.487 e. The molecular formula is C23H19BrF2N2O5. The second kappa shape index (κ2) is 9.95. The molecule has 7 nitrogen and oxygen atoms in total. The number of rotatable bonds is 6. The van der Waals surface area contributed by atoms with E-state index in [1.807, 2.05) is 0 Å². The number of nitrogens with zero attached hydrogens (tertiary/aromatic N) is 1. The third-order valence-corrected chi connectivity index (χ3v) is 5.56. The predicted molar refractivity (Wildman–Crippen MR) is 120 cm³/mol. The van der Waals surface area contributed by atoms with Crippen molar-refractivity contribution in [2.24, 2.45) is 0 Å². The van der Waals surface area contributed by atoms with E-state index in [1.54, 1.807) is 6.92 Å². The van der Waals surface area contributed by atoms with E-state index in [4.69, 9.17) is 9.47 Å². The molecule has 0 saturated carbocycles. The van der Waals surface area contributed by atoms with Gasteiger partial charge < -0.3 is 14.8 Å². The normalized spacial score (nSPS) is 10.6. The zero-order chi connectivity index (χ0) is 24.3. The minimum Gasteiger partial charge on any atom is -0.487 e. The minimum absolute atomic E-state index is 0.0375. The average Bonchev–Trinajstić information content (AvgIpc) is 2.80. The number of hydrogen-bond donors (Lipinski definition) is 1. The standard InChI is InChI=1S/C23H19BrF2N2O5/c1-12-8-19(33-11-14-4-6-15(25)10-17(14)26)20(24)22(30)28(12)18-7-5-13(23(31)32-3)9-16(18)21(29)27-2/h4-10H,11H2,1-3H3,(H,27,29). The van der Waals surface area contributed by atoms with Gasteiger partial charge in [0, 0.05) is 30.4 Å². The van der Waals surface area contributed by atoms with Gasteiger partial charge in [0.1, 0.15) is 28.5 Å². The highest BCUT2D eigenvalue weighted by atomic mass is 79.9. The number of methoxy groups -OCH3 is 1. The molecule has 0 unspecified atom stereocenters. The molecule has 172 valence electrons. The van der Waals surface area contributed by atoms with Gasteiger partial charge in [0.2, 0.25) is 0 Å². The summed E-state index contributed by atoms with van der Waals surface area (Å²) in [5, 5.41) is 2.48. The van der Waals surface area contributed by atoms with E-state index < -0.39 is 29.1 Å². The Morgan fingerprint density at radius 3 is 2.48 bits per heavy atom. The Morgan fingerprint density at radius 1 is 1.12 bits per heavy atom. The molecule has 0 fully saturated rings. The first-order chi connectivity index (χ1) is 15.7. The van der Waals surface area contributed by atoms with Crippen LogP contribution in [0.5, 0.6) is 5.75 Å². The Labute approximate surface area is 196 Å². The molecule has 1 amide bonds. The number of esters is 1. The van der Waals surface area contributed by atoms with Gasteiger partial charge in [-0.1, -0.05) is 0 Å². The maximum atomic E-state index is 13.9. The summed E-state index contributed by atoms with van der Waals surface area (Å²) >= 11 is 3.21. The number of halogens is 3. The molecule has 0 aliphatic rings. The fourth-order valence-corrected chi connectivity index (χ4v) is 3.58. The molecule has 0 atom stereocenters. The Hall–Kier alpha value is -3.53. The van der Waals surface area contributed by atoms with Gasteiger partial charge in [0.05, 0.1) is 23.9 Å². The molecule has 3 rings (SSSR count). The predicted octanol–water partition coefficient (Wildman–Crippen LogP) is 3.91. The van der Waals surface area contributed by atoms with E-state index in [9.17, 15) is 23.2 Å². The summed E-state index contributed by atoms with van der Waals surface area (Å²) in [4.78, 5) is 37.5. The summed E-state index contributed by atoms with van der Waals surface area (Å²) in [6.45, 7) is 1.39. The van der Waals surface area contributed by atoms with Crippen molar-refractivity contribution in [2.45, 2.75) is 13.5 Å². The van der Waals surface area contributed by atoms with Gasteiger partial charge in [0.15, 0.2) is 0 Å². The van der Waals surface area contributed by atoms with Crippen molar-refractivity contribution in [2.75, 3.05) is 14.2 Å². The number of carbonyl (C=O) groups excluding carboxylic acids is 2. The second-order valence-electron chi connectivity index (χ2n) is 6.93. The van der Waals surface area contributed by atoms with Gasteiger partial charge in [-0.3, -0.25) is 14.2 Å². The van der Waals surface area contributed by atoms with Crippen LogP contribution in [0.1, 0.15) is 32.0 Å². The summed E-state index contributed by atoms with van der Waals surface area (Å²) in [5.41, 5.74) is 0.450. The lowest BCUT2D eigenvalue weighted by atomic mass is 10.1. The van der Waals surface area contributed by atoms with Gasteiger partial charge >= 0.3 is 5.97 Å². The van der Waals surface area contributed by atoms with Gasteiger partial charge in [-0.05, 0) is 53.2 Å². The number of ether oxygens (including phenoxy) is 2. The molecule has 0 bridgehead atoms. The van der Waals surface area contributed by atoms with E-state index in [2.05, 4.69) is 21.2 Å². The lowest BCUT2D eigenvalue weighted by Crippen LogP contribution is -2.27. The number of aromatic nitrogens is 1. The van der Waals surface area contributed by atoms with Crippen molar-refractivity contribution in [1.29, 1.82) is 0 Å². The van der Waals surface area contributed by atoms with Crippen molar-refractivity contribution in [3.05, 3.63) is 91.3 Å². The zero-order valence-electron chi connectivity index (χ0n) is 17.9. The maximum Gasteiger partial charge on any atom is 0.337 e. The fourth-order valence-electron chi connectivity index (χ4n) is 3.17. The van der Waals surface area contributed by atoms with E-state index >= 15 is 0 Å². The van der Waals surface area contributed by atoms with Gasteiger partial charge in [-0.25, -0.2) is 13.6 Å². The first kappa shape index (κ1) is 24.1. The van der Waals surface area contributed by atoms with Crippen molar-refractivity contribution < 1.29 is 27.8 Å². The number of nitrogens with one attached hydrogen (secondary N) is 1. The maximum absolute atomic E-state index is 13.9. The summed E-state index contributed by atoms with van der Waals surface area (Å²) < 4.78 is 38.6. The van der Waals surface area contributed by atoms with E-state index in [0.29, 0.717) is 5.69 Å². The molecule has 1 N–H and O–H groups in total. The average molecular weight is 521 g/mol. The van der Waals surface area contributed by atoms with Gasteiger partial charge in [0.25, 0.3) is 11.5 Å². The topological polar surface area (TPSA) is 86.6 Å². The van der Waals surface area contributed by atoms with Crippen molar-refractivity contribution in [3.63, 3.8) is 0 Å². The molecule has 10 heteroatoms. The van der Waals surface area contributed by atoms with Crippen LogP contribution < -0.4 is 15.6 Å². The number of pyridine rings is 1. The van der Waals surface area contributed by atoms with Crippen LogP contribution in [-0.2, 0) is 11.3 Å². The summed E-state index contributed by atoms with van der Waals surface area (Å²) in [6, 6.07) is 8.89. The Kier molecular flexibility index (Phi) is 7.27. The number of amides is 1. The van der Waals surface area contributed by atoms with E-state index in [0.717, 1.165) is 12.1 Å². The highest BCUT2D eigenvalue weighted by Gasteiger charge is 2.20. The monoisotopic (exact) mass is 520 g/mol. The molecule has 0 saturated heterocycles. The third-order valence-electron chi connectivity index (χ3n) is 4.83. The highest BCUT2D eigenvalue weighted by Crippen LogP contribution is 2.27. The Bertz CT molecular complexity index is 1310. The zero-order valence-corrected chi connectivity index (χ0v) is 19.5. The van der Waals surface area contributed by atoms with Crippen molar-refractivity contribution in [1.82, 2.24) is 9.88 Å². The molecule has 0 spiro atoms. The molecule has 1 aromatic heterocycles. The summed E-state index contributed by atoms with van der Waals surface area (Å²) in [7, 11) is 2.64. The quantitative estimate of drug-likeness (QED) is 0.498. The molecule has 0 radical (unpaired) electrons. The molecule has 0 aliphatic carbocycles. The molecule has 33 heavy (non-hydrogen) atoms. The van der Waals surface area contributed by atoms with Crippen LogP contribution in [0, 0.1) is 18.6 Å². The molecule has 3 aromatic rings. The molecule has 2 aromatic carbocycles. The van der Waals surface area contributed by atoms with Gasteiger partial charge in [-0.2, -0.15) is 0 Å². The lowest BCUT2D eigenvalue weighted by molar-refractivity contribution is 0.0600. The smallest absolute Gasteiger partial charge is 0.337 e. The Morgan fingerprint density at radius 2 is 1.85 bits per heavy atom. The van der Waals surface area contributed by atoms with E-state index in [1.165, 1.54) is 49.1 Å². The first-order valence-electron chi connectivity index (χ1n) is 9.61. The SMILES string of the molecule is CNC(=O)c1cc(C(=O)OC)ccc1-n1c(C)cc(OCc2ccc(F)cc2F)c(Br)c1=O. The Balaban J connectivity index is 2.05. The molecule has 0 aliphatic heterocycles. The van der Waals surface area contributed by atoms with Crippen LogP contribution in [0.15, 0.2) is 51.7 Å². The first-order valence-corrected chi connectivity index (χ1v) is 10.4. The van der Waals surface area contributed by atoms with Crippen LogP contribution in [0.3, 0.4) is 0 Å².